The van der Waals surface area contributed by atoms with E-state index in [-0.39, 0.29) is 5.78 Å². The third-order valence-electron chi connectivity index (χ3n) is 1.80. The molecule has 0 aliphatic heterocycles. The van der Waals surface area contributed by atoms with Crippen molar-refractivity contribution < 1.29 is 4.79 Å². The normalized spacial score (nSPS) is 10.9. The standard InChI is InChI=1S/C10H16N2OS/c1-8(13)6-9-7-11-10(14-9)4-5-12(2)3/h7H,4-6H2,1-3H3. The number of likely N-dealkylation sites (N-methyl/N-ethyl adjacent to an activating group) is 1. The van der Waals surface area contributed by atoms with E-state index in [9.17, 15) is 4.79 Å². The first kappa shape index (κ1) is 11.3. The summed E-state index contributed by atoms with van der Waals surface area (Å²) in [6, 6.07) is 0. The summed E-state index contributed by atoms with van der Waals surface area (Å²) in [6.07, 6.45) is 3.31. The highest BCUT2D eigenvalue weighted by molar-refractivity contribution is 7.11. The first-order valence-electron chi connectivity index (χ1n) is 4.65. The highest BCUT2D eigenvalue weighted by Gasteiger charge is 2.04. The first-order chi connectivity index (χ1) is 6.58. The average Bonchev–Trinajstić information content (AvgIpc) is 2.47. The van der Waals surface area contributed by atoms with Gasteiger partial charge in [-0.2, -0.15) is 0 Å². The molecule has 1 rings (SSSR count). The van der Waals surface area contributed by atoms with Crippen LogP contribution >= 0.6 is 11.3 Å². The fourth-order valence-corrected chi connectivity index (χ4v) is 2.09. The molecule has 0 aliphatic carbocycles. The minimum absolute atomic E-state index is 0.202. The van der Waals surface area contributed by atoms with Crippen molar-refractivity contribution in [3.63, 3.8) is 0 Å². The number of hydrogen-bond acceptors (Lipinski definition) is 4. The molecule has 0 radical (unpaired) electrons. The maximum absolute atomic E-state index is 10.9. The van der Waals surface area contributed by atoms with Gasteiger partial charge in [-0.25, -0.2) is 4.98 Å². The van der Waals surface area contributed by atoms with Crippen LogP contribution in [-0.2, 0) is 17.6 Å². The summed E-state index contributed by atoms with van der Waals surface area (Å²) in [7, 11) is 4.09. The number of thiazole rings is 1. The second kappa shape index (κ2) is 5.22. The van der Waals surface area contributed by atoms with Crippen LogP contribution in [0.2, 0.25) is 0 Å². The number of rotatable bonds is 5. The number of nitrogens with zero attached hydrogens (tertiary/aromatic N) is 2. The molecule has 0 aliphatic rings. The van der Waals surface area contributed by atoms with Crippen molar-refractivity contribution in [2.24, 2.45) is 0 Å². The van der Waals surface area contributed by atoms with Gasteiger partial charge in [0.2, 0.25) is 0 Å². The number of aromatic nitrogens is 1. The third kappa shape index (κ3) is 3.98. The molecule has 1 aromatic heterocycles. The lowest BCUT2D eigenvalue weighted by atomic mass is 10.3. The van der Waals surface area contributed by atoms with Gasteiger partial charge in [0.1, 0.15) is 5.78 Å². The maximum atomic E-state index is 10.9. The van der Waals surface area contributed by atoms with Gasteiger partial charge in [-0.05, 0) is 21.0 Å². The van der Waals surface area contributed by atoms with Crippen LogP contribution in [0.15, 0.2) is 6.20 Å². The lowest BCUT2D eigenvalue weighted by molar-refractivity contribution is -0.116. The summed E-state index contributed by atoms with van der Waals surface area (Å²) >= 11 is 1.64. The Labute approximate surface area is 88.8 Å². The minimum atomic E-state index is 0.202. The first-order valence-corrected chi connectivity index (χ1v) is 5.47. The van der Waals surface area contributed by atoms with E-state index in [1.54, 1.807) is 18.3 Å². The minimum Gasteiger partial charge on any atom is -0.309 e. The Morgan fingerprint density at radius 2 is 2.29 bits per heavy atom. The van der Waals surface area contributed by atoms with E-state index in [0.717, 1.165) is 22.9 Å². The molecule has 4 heteroatoms. The van der Waals surface area contributed by atoms with Gasteiger partial charge in [0, 0.05) is 30.5 Å². The van der Waals surface area contributed by atoms with E-state index >= 15 is 0 Å². The van der Waals surface area contributed by atoms with Crippen molar-refractivity contribution >= 4 is 17.1 Å². The third-order valence-corrected chi connectivity index (χ3v) is 2.85. The predicted octanol–water partition coefficient (Wildman–Crippen LogP) is 1.38. The molecule has 0 spiro atoms. The van der Waals surface area contributed by atoms with Gasteiger partial charge in [-0.1, -0.05) is 0 Å². The molecule has 0 bridgehead atoms. The van der Waals surface area contributed by atoms with Gasteiger partial charge in [0.15, 0.2) is 0 Å². The summed E-state index contributed by atoms with van der Waals surface area (Å²) in [5, 5.41) is 1.12. The van der Waals surface area contributed by atoms with Crippen LogP contribution in [0.4, 0.5) is 0 Å². The van der Waals surface area contributed by atoms with Crippen molar-refractivity contribution in [3.8, 4) is 0 Å². The number of ketones is 1. The molecule has 0 unspecified atom stereocenters. The fourth-order valence-electron chi connectivity index (χ4n) is 1.11. The average molecular weight is 212 g/mol. The zero-order chi connectivity index (χ0) is 10.6. The van der Waals surface area contributed by atoms with Crippen LogP contribution in [-0.4, -0.2) is 36.3 Å². The van der Waals surface area contributed by atoms with Crippen LogP contribution in [0, 0.1) is 0 Å². The molecule has 0 N–H and O–H groups in total. The quantitative estimate of drug-likeness (QED) is 0.739. The zero-order valence-electron chi connectivity index (χ0n) is 8.91. The molecular weight excluding hydrogens is 196 g/mol. The van der Waals surface area contributed by atoms with Crippen LogP contribution in [0.25, 0.3) is 0 Å². The van der Waals surface area contributed by atoms with E-state index in [4.69, 9.17) is 0 Å². The molecule has 0 fully saturated rings. The molecule has 78 valence electrons. The molecule has 1 aromatic rings. The summed E-state index contributed by atoms with van der Waals surface area (Å²) in [5.41, 5.74) is 0. The molecule has 0 amide bonds. The van der Waals surface area contributed by atoms with Gasteiger partial charge >= 0.3 is 0 Å². The molecule has 0 aromatic carbocycles. The number of Topliss-reactive ketones (excluding diaryl/α,β-unsaturated/α-hetero) is 1. The van der Waals surface area contributed by atoms with Crippen LogP contribution < -0.4 is 0 Å². The van der Waals surface area contributed by atoms with Crippen molar-refractivity contribution in [1.29, 1.82) is 0 Å². The highest BCUT2D eigenvalue weighted by Crippen LogP contribution is 2.14. The Kier molecular flexibility index (Phi) is 4.22. The van der Waals surface area contributed by atoms with Crippen LogP contribution in [0.3, 0.4) is 0 Å². The van der Waals surface area contributed by atoms with E-state index in [0.29, 0.717) is 6.42 Å². The molecule has 0 atom stereocenters. The van der Waals surface area contributed by atoms with Gasteiger partial charge in [-0.15, -0.1) is 11.3 Å². The number of carbonyl (C=O) groups excluding carboxylic acids is 1. The Bertz CT molecular complexity index is 307. The summed E-state index contributed by atoms with van der Waals surface area (Å²) in [4.78, 5) is 18.3. The SMILES string of the molecule is CC(=O)Cc1cnc(CCN(C)C)s1. The Balaban J connectivity index is 2.46. The van der Waals surface area contributed by atoms with Crippen LogP contribution in [0.1, 0.15) is 16.8 Å². The summed E-state index contributed by atoms with van der Waals surface area (Å²) < 4.78 is 0. The second-order valence-electron chi connectivity index (χ2n) is 3.65. The van der Waals surface area contributed by atoms with Crippen LogP contribution in [0.5, 0.6) is 0 Å². The molecule has 0 saturated heterocycles. The molecule has 0 saturated carbocycles. The lowest BCUT2D eigenvalue weighted by Crippen LogP contribution is -2.14. The number of hydrogen-bond donors (Lipinski definition) is 0. The predicted molar refractivity (Wildman–Crippen MR) is 58.8 cm³/mol. The van der Waals surface area contributed by atoms with E-state index < -0.39 is 0 Å². The smallest absolute Gasteiger partial charge is 0.135 e. The van der Waals surface area contributed by atoms with Gasteiger partial charge in [0.05, 0.1) is 5.01 Å². The Morgan fingerprint density at radius 3 is 2.86 bits per heavy atom. The van der Waals surface area contributed by atoms with Gasteiger partial charge in [-0.3, -0.25) is 4.79 Å². The second-order valence-corrected chi connectivity index (χ2v) is 4.85. The Morgan fingerprint density at radius 1 is 1.57 bits per heavy atom. The van der Waals surface area contributed by atoms with Crippen molar-refractivity contribution in [2.75, 3.05) is 20.6 Å². The van der Waals surface area contributed by atoms with E-state index in [2.05, 4.69) is 9.88 Å². The lowest BCUT2D eigenvalue weighted by Gasteiger charge is -2.06. The van der Waals surface area contributed by atoms with Crippen molar-refractivity contribution in [2.45, 2.75) is 19.8 Å². The van der Waals surface area contributed by atoms with Crippen molar-refractivity contribution in [1.82, 2.24) is 9.88 Å². The summed E-state index contributed by atoms with van der Waals surface area (Å²) in [5.74, 6) is 0.202. The highest BCUT2D eigenvalue weighted by atomic mass is 32.1. The zero-order valence-corrected chi connectivity index (χ0v) is 9.73. The van der Waals surface area contributed by atoms with Gasteiger partial charge < -0.3 is 4.90 Å². The maximum Gasteiger partial charge on any atom is 0.135 e. The molecule has 1 heterocycles. The molecule has 3 nitrogen and oxygen atoms in total. The topological polar surface area (TPSA) is 33.2 Å². The number of carbonyl (C=O) groups is 1. The molecular formula is C10H16N2OS. The molecule has 14 heavy (non-hydrogen) atoms. The fraction of sp³-hybridized carbons (Fsp3) is 0.600. The monoisotopic (exact) mass is 212 g/mol. The summed E-state index contributed by atoms with van der Waals surface area (Å²) in [6.45, 7) is 2.62. The van der Waals surface area contributed by atoms with E-state index in [1.165, 1.54) is 0 Å². The Hall–Kier alpha value is -0.740. The largest absolute Gasteiger partial charge is 0.309 e. The van der Waals surface area contributed by atoms with Gasteiger partial charge in [0.25, 0.3) is 0 Å². The van der Waals surface area contributed by atoms with Crippen molar-refractivity contribution in [3.05, 3.63) is 16.1 Å². The van der Waals surface area contributed by atoms with E-state index in [1.807, 2.05) is 20.3 Å².